The predicted octanol–water partition coefficient (Wildman–Crippen LogP) is 0.758. The summed E-state index contributed by atoms with van der Waals surface area (Å²) in [6.45, 7) is 8.32. The minimum Gasteiger partial charge on any atom is -0.355 e. The molecule has 0 rings (SSSR count). The Morgan fingerprint density at radius 1 is 1.42 bits per heavy atom. The van der Waals surface area contributed by atoms with Crippen LogP contribution in [0.3, 0.4) is 0 Å². The molecular formula is C9H20N2O. The first-order valence-corrected chi connectivity index (χ1v) is 4.68. The molecule has 2 N–H and O–H groups in total. The Hall–Kier alpha value is -0.570. The summed E-state index contributed by atoms with van der Waals surface area (Å²) in [6, 6.07) is 0. The summed E-state index contributed by atoms with van der Waals surface area (Å²) in [5.74, 6) is 0.736. The molecule has 0 saturated heterocycles. The van der Waals surface area contributed by atoms with Crippen molar-refractivity contribution in [3.8, 4) is 0 Å². The molecule has 0 aliphatic heterocycles. The van der Waals surface area contributed by atoms with Gasteiger partial charge in [-0.25, -0.2) is 0 Å². The van der Waals surface area contributed by atoms with E-state index in [0.29, 0.717) is 19.0 Å². The number of hydrogen-bond donors (Lipinski definition) is 2. The first kappa shape index (κ1) is 11.4. The molecule has 0 bridgehead atoms. The average Bonchev–Trinajstić information content (AvgIpc) is 2.04. The van der Waals surface area contributed by atoms with Crippen LogP contribution in [0.2, 0.25) is 0 Å². The van der Waals surface area contributed by atoms with Crippen molar-refractivity contribution in [1.82, 2.24) is 10.6 Å². The third-order valence-electron chi connectivity index (χ3n) is 1.85. The lowest BCUT2D eigenvalue weighted by atomic mass is 10.1. The topological polar surface area (TPSA) is 41.1 Å². The molecule has 0 aromatic heterocycles. The maximum Gasteiger partial charge on any atom is 0.233 e. The summed E-state index contributed by atoms with van der Waals surface area (Å²) >= 11 is 0. The van der Waals surface area contributed by atoms with Crippen LogP contribution in [-0.4, -0.2) is 25.5 Å². The van der Waals surface area contributed by atoms with Crippen molar-refractivity contribution in [2.45, 2.75) is 27.2 Å². The number of carbonyl (C=O) groups excluding carboxylic acids is 1. The van der Waals surface area contributed by atoms with Crippen molar-refractivity contribution >= 4 is 5.91 Å². The van der Waals surface area contributed by atoms with E-state index < -0.39 is 0 Å². The van der Waals surface area contributed by atoms with Crippen LogP contribution in [0.25, 0.3) is 0 Å². The molecule has 0 aliphatic rings. The number of hydrogen-bond acceptors (Lipinski definition) is 2. The van der Waals surface area contributed by atoms with Gasteiger partial charge in [0.1, 0.15) is 0 Å². The van der Waals surface area contributed by atoms with E-state index in [-0.39, 0.29) is 5.91 Å². The minimum atomic E-state index is 0.0841. The van der Waals surface area contributed by atoms with E-state index >= 15 is 0 Å². The SMILES string of the molecule is CCNC(=O)CNCC(C)CC. The van der Waals surface area contributed by atoms with Crippen LogP contribution >= 0.6 is 0 Å². The summed E-state index contributed by atoms with van der Waals surface area (Å²) in [5, 5.41) is 5.84. The Kier molecular flexibility index (Phi) is 6.76. The van der Waals surface area contributed by atoms with Crippen molar-refractivity contribution in [1.29, 1.82) is 0 Å². The second-order valence-corrected chi connectivity index (χ2v) is 3.10. The summed E-state index contributed by atoms with van der Waals surface area (Å²) in [4.78, 5) is 10.9. The molecule has 12 heavy (non-hydrogen) atoms. The number of nitrogens with one attached hydrogen (secondary N) is 2. The third-order valence-corrected chi connectivity index (χ3v) is 1.85. The van der Waals surface area contributed by atoms with Crippen LogP contribution in [0.15, 0.2) is 0 Å². The number of rotatable bonds is 6. The molecule has 72 valence electrons. The molecule has 0 heterocycles. The van der Waals surface area contributed by atoms with Crippen LogP contribution in [0, 0.1) is 5.92 Å². The van der Waals surface area contributed by atoms with Gasteiger partial charge >= 0.3 is 0 Å². The van der Waals surface area contributed by atoms with E-state index in [9.17, 15) is 4.79 Å². The highest BCUT2D eigenvalue weighted by molar-refractivity contribution is 5.77. The van der Waals surface area contributed by atoms with Crippen molar-refractivity contribution in [3.63, 3.8) is 0 Å². The fourth-order valence-electron chi connectivity index (χ4n) is 0.836. The van der Waals surface area contributed by atoms with E-state index in [1.807, 2.05) is 6.92 Å². The molecule has 1 atom stereocenters. The molecule has 0 saturated carbocycles. The van der Waals surface area contributed by atoms with E-state index in [2.05, 4.69) is 24.5 Å². The monoisotopic (exact) mass is 172 g/mol. The van der Waals surface area contributed by atoms with E-state index in [1.54, 1.807) is 0 Å². The van der Waals surface area contributed by atoms with Crippen molar-refractivity contribution in [2.75, 3.05) is 19.6 Å². The summed E-state index contributed by atoms with van der Waals surface area (Å²) in [6.07, 6.45) is 1.16. The molecule has 0 aromatic carbocycles. The Balaban J connectivity index is 3.24. The van der Waals surface area contributed by atoms with Gasteiger partial charge in [-0.3, -0.25) is 4.79 Å². The molecule has 0 aliphatic carbocycles. The largest absolute Gasteiger partial charge is 0.355 e. The van der Waals surface area contributed by atoms with Crippen LogP contribution in [0.4, 0.5) is 0 Å². The highest BCUT2D eigenvalue weighted by Gasteiger charge is 2.00. The highest BCUT2D eigenvalue weighted by atomic mass is 16.1. The van der Waals surface area contributed by atoms with E-state index in [1.165, 1.54) is 0 Å². The Labute approximate surface area is 74.9 Å². The zero-order valence-corrected chi connectivity index (χ0v) is 8.31. The van der Waals surface area contributed by atoms with Gasteiger partial charge in [0.05, 0.1) is 6.54 Å². The molecule has 3 nitrogen and oxygen atoms in total. The third kappa shape index (κ3) is 6.16. The summed E-state index contributed by atoms with van der Waals surface area (Å²) < 4.78 is 0. The second kappa shape index (κ2) is 7.10. The van der Waals surface area contributed by atoms with Gasteiger partial charge in [0, 0.05) is 6.54 Å². The maximum atomic E-state index is 10.9. The fourth-order valence-corrected chi connectivity index (χ4v) is 0.836. The number of likely N-dealkylation sites (N-methyl/N-ethyl adjacent to an activating group) is 1. The van der Waals surface area contributed by atoms with Gasteiger partial charge in [0.15, 0.2) is 0 Å². The Morgan fingerprint density at radius 2 is 2.08 bits per heavy atom. The standard InChI is InChI=1S/C9H20N2O/c1-4-8(3)6-10-7-9(12)11-5-2/h8,10H,4-7H2,1-3H3,(H,11,12). The van der Waals surface area contributed by atoms with E-state index in [0.717, 1.165) is 13.0 Å². The Morgan fingerprint density at radius 3 is 2.58 bits per heavy atom. The lowest BCUT2D eigenvalue weighted by molar-refractivity contribution is -0.120. The molecular weight excluding hydrogens is 152 g/mol. The number of amides is 1. The van der Waals surface area contributed by atoms with Crippen LogP contribution in [-0.2, 0) is 4.79 Å². The van der Waals surface area contributed by atoms with Crippen LogP contribution in [0.1, 0.15) is 27.2 Å². The molecule has 0 aromatic rings. The second-order valence-electron chi connectivity index (χ2n) is 3.10. The lowest BCUT2D eigenvalue weighted by Gasteiger charge is -2.09. The van der Waals surface area contributed by atoms with Gasteiger partial charge in [-0.2, -0.15) is 0 Å². The smallest absolute Gasteiger partial charge is 0.233 e. The zero-order chi connectivity index (χ0) is 9.40. The molecule has 0 radical (unpaired) electrons. The predicted molar refractivity (Wildman–Crippen MR) is 51.0 cm³/mol. The quantitative estimate of drug-likeness (QED) is 0.621. The highest BCUT2D eigenvalue weighted by Crippen LogP contribution is 1.96. The molecule has 0 fully saturated rings. The van der Waals surface area contributed by atoms with Crippen molar-refractivity contribution < 1.29 is 4.79 Å². The van der Waals surface area contributed by atoms with Gasteiger partial charge < -0.3 is 10.6 Å². The van der Waals surface area contributed by atoms with Gasteiger partial charge in [-0.1, -0.05) is 20.3 Å². The molecule has 0 spiro atoms. The first-order valence-electron chi connectivity index (χ1n) is 4.68. The van der Waals surface area contributed by atoms with Crippen LogP contribution < -0.4 is 10.6 Å². The first-order chi connectivity index (χ1) is 5.70. The van der Waals surface area contributed by atoms with Gasteiger partial charge in [0.25, 0.3) is 0 Å². The fraction of sp³-hybridized carbons (Fsp3) is 0.889. The maximum absolute atomic E-state index is 10.9. The number of carbonyl (C=O) groups is 1. The summed E-state index contributed by atoms with van der Waals surface area (Å²) in [7, 11) is 0. The van der Waals surface area contributed by atoms with Crippen molar-refractivity contribution in [3.05, 3.63) is 0 Å². The average molecular weight is 172 g/mol. The molecule has 1 amide bonds. The lowest BCUT2D eigenvalue weighted by Crippen LogP contribution is -2.35. The van der Waals surface area contributed by atoms with Gasteiger partial charge in [-0.15, -0.1) is 0 Å². The Bertz CT molecular complexity index is 126. The van der Waals surface area contributed by atoms with Gasteiger partial charge in [0.2, 0.25) is 5.91 Å². The normalized spacial score (nSPS) is 12.6. The molecule has 1 unspecified atom stereocenters. The molecule has 3 heteroatoms. The minimum absolute atomic E-state index is 0.0841. The van der Waals surface area contributed by atoms with E-state index in [4.69, 9.17) is 0 Å². The zero-order valence-electron chi connectivity index (χ0n) is 8.31. The van der Waals surface area contributed by atoms with Gasteiger partial charge in [-0.05, 0) is 19.4 Å². The van der Waals surface area contributed by atoms with Crippen molar-refractivity contribution in [2.24, 2.45) is 5.92 Å². The summed E-state index contributed by atoms with van der Waals surface area (Å²) in [5.41, 5.74) is 0. The van der Waals surface area contributed by atoms with Crippen LogP contribution in [0.5, 0.6) is 0 Å².